The third kappa shape index (κ3) is 4.44. The Labute approximate surface area is 166 Å². The molecule has 1 aliphatic heterocycles. The second-order valence-corrected chi connectivity index (χ2v) is 6.34. The van der Waals surface area contributed by atoms with E-state index in [9.17, 15) is 9.59 Å². The summed E-state index contributed by atoms with van der Waals surface area (Å²) in [5.74, 6) is 1.41. The molecular formula is C21H18N4O4. The Hall–Kier alpha value is -4.07. The van der Waals surface area contributed by atoms with Crippen molar-refractivity contribution in [3.05, 3.63) is 66.4 Å². The number of anilines is 4. The second-order valence-electron chi connectivity index (χ2n) is 6.34. The summed E-state index contributed by atoms with van der Waals surface area (Å²) in [5.41, 5.74) is 2.47. The number of amides is 2. The van der Waals surface area contributed by atoms with Crippen LogP contribution in [0.15, 0.2) is 60.8 Å². The van der Waals surface area contributed by atoms with Crippen molar-refractivity contribution < 1.29 is 19.1 Å². The van der Waals surface area contributed by atoms with E-state index in [1.165, 1.54) is 13.1 Å². The summed E-state index contributed by atoms with van der Waals surface area (Å²) in [6.45, 7) is 1.63. The lowest BCUT2D eigenvalue weighted by atomic mass is 10.2. The van der Waals surface area contributed by atoms with Crippen LogP contribution in [0.3, 0.4) is 0 Å². The van der Waals surface area contributed by atoms with Gasteiger partial charge < -0.3 is 25.4 Å². The summed E-state index contributed by atoms with van der Waals surface area (Å²) in [6.07, 6.45) is 1.49. The van der Waals surface area contributed by atoms with E-state index < -0.39 is 0 Å². The molecule has 0 spiro atoms. The van der Waals surface area contributed by atoms with Crippen LogP contribution in [0.4, 0.5) is 22.9 Å². The fraction of sp³-hybridized carbons (Fsp3) is 0.0952. The van der Waals surface area contributed by atoms with Crippen molar-refractivity contribution in [3.63, 3.8) is 0 Å². The number of benzene rings is 2. The summed E-state index contributed by atoms with van der Waals surface area (Å²) in [5, 5.41) is 8.67. The number of nitrogens with one attached hydrogen (secondary N) is 3. The minimum absolute atomic E-state index is 0.141. The first kappa shape index (κ1) is 18.3. The zero-order valence-corrected chi connectivity index (χ0v) is 15.6. The van der Waals surface area contributed by atoms with E-state index in [2.05, 4.69) is 20.9 Å². The van der Waals surface area contributed by atoms with E-state index in [0.29, 0.717) is 34.3 Å². The fourth-order valence-electron chi connectivity index (χ4n) is 2.81. The summed E-state index contributed by atoms with van der Waals surface area (Å²) >= 11 is 0. The molecule has 29 heavy (non-hydrogen) atoms. The number of nitrogens with zero attached hydrogens (tertiary/aromatic N) is 1. The minimum Gasteiger partial charge on any atom is -0.454 e. The highest BCUT2D eigenvalue weighted by Crippen LogP contribution is 2.34. The predicted octanol–water partition coefficient (Wildman–Crippen LogP) is 3.76. The molecule has 2 aromatic carbocycles. The largest absolute Gasteiger partial charge is 0.454 e. The standard InChI is InChI=1S/C21H18N4O4/c1-13(26)23-15-3-2-4-16(9-15)24-20-8-5-14(11-22-20)21(27)25-17-6-7-18-19(10-17)29-12-28-18/h2-11H,12H2,1H3,(H,22,24)(H,23,26)(H,25,27). The van der Waals surface area contributed by atoms with Gasteiger partial charge in [0.15, 0.2) is 11.5 Å². The first-order valence-electron chi connectivity index (χ1n) is 8.88. The Kier molecular flexibility index (Phi) is 4.98. The van der Waals surface area contributed by atoms with E-state index in [0.717, 1.165) is 5.69 Å². The highest BCUT2D eigenvalue weighted by Gasteiger charge is 2.15. The lowest BCUT2D eigenvalue weighted by Gasteiger charge is -2.09. The van der Waals surface area contributed by atoms with Crippen LogP contribution >= 0.6 is 0 Å². The van der Waals surface area contributed by atoms with Crippen LogP contribution in [0, 0.1) is 0 Å². The lowest BCUT2D eigenvalue weighted by molar-refractivity contribution is -0.114. The molecular weight excluding hydrogens is 372 g/mol. The molecule has 1 aliphatic rings. The van der Waals surface area contributed by atoms with Gasteiger partial charge in [-0.1, -0.05) is 6.07 Å². The molecule has 3 aromatic rings. The van der Waals surface area contributed by atoms with Gasteiger partial charge in [0, 0.05) is 36.2 Å². The zero-order valence-electron chi connectivity index (χ0n) is 15.6. The van der Waals surface area contributed by atoms with Gasteiger partial charge in [0.05, 0.1) is 5.56 Å². The van der Waals surface area contributed by atoms with Crippen molar-refractivity contribution in [3.8, 4) is 11.5 Å². The van der Waals surface area contributed by atoms with E-state index in [4.69, 9.17) is 9.47 Å². The average Bonchev–Trinajstić information content (AvgIpc) is 3.16. The maximum Gasteiger partial charge on any atom is 0.257 e. The number of pyridine rings is 1. The normalized spacial score (nSPS) is 11.6. The summed E-state index contributed by atoms with van der Waals surface area (Å²) in [6, 6.07) is 15.9. The predicted molar refractivity (Wildman–Crippen MR) is 109 cm³/mol. The molecule has 0 atom stereocenters. The summed E-state index contributed by atoms with van der Waals surface area (Å²) in [7, 11) is 0. The monoisotopic (exact) mass is 390 g/mol. The molecule has 0 radical (unpaired) electrons. The van der Waals surface area contributed by atoms with Gasteiger partial charge >= 0.3 is 0 Å². The Balaban J connectivity index is 1.41. The number of hydrogen-bond donors (Lipinski definition) is 3. The van der Waals surface area contributed by atoms with Crippen molar-refractivity contribution in [1.82, 2.24) is 4.98 Å². The SMILES string of the molecule is CC(=O)Nc1cccc(Nc2ccc(C(=O)Nc3ccc4c(c3)OCO4)cn2)c1. The molecule has 0 fully saturated rings. The van der Waals surface area contributed by atoms with E-state index in [-0.39, 0.29) is 18.6 Å². The molecule has 146 valence electrons. The molecule has 0 aliphatic carbocycles. The van der Waals surface area contributed by atoms with Gasteiger partial charge in [-0.3, -0.25) is 9.59 Å². The van der Waals surface area contributed by atoms with Gasteiger partial charge in [0.1, 0.15) is 5.82 Å². The van der Waals surface area contributed by atoms with Crippen LogP contribution < -0.4 is 25.4 Å². The van der Waals surface area contributed by atoms with Crippen molar-refractivity contribution in [2.24, 2.45) is 0 Å². The molecule has 0 saturated carbocycles. The minimum atomic E-state index is -0.282. The Morgan fingerprint density at radius 2 is 1.69 bits per heavy atom. The molecule has 2 heterocycles. The number of ether oxygens (including phenoxy) is 2. The molecule has 0 bridgehead atoms. The van der Waals surface area contributed by atoms with Gasteiger partial charge in [-0.15, -0.1) is 0 Å². The smallest absolute Gasteiger partial charge is 0.257 e. The number of fused-ring (bicyclic) bond motifs is 1. The average molecular weight is 390 g/mol. The molecule has 0 unspecified atom stereocenters. The van der Waals surface area contributed by atoms with Crippen LogP contribution in [-0.4, -0.2) is 23.6 Å². The van der Waals surface area contributed by atoms with Crippen LogP contribution in [0.5, 0.6) is 11.5 Å². The second kappa shape index (κ2) is 7.89. The zero-order chi connectivity index (χ0) is 20.2. The number of rotatable bonds is 5. The Morgan fingerprint density at radius 1 is 0.897 bits per heavy atom. The molecule has 1 aromatic heterocycles. The van der Waals surface area contributed by atoms with Crippen LogP contribution in [0.2, 0.25) is 0 Å². The van der Waals surface area contributed by atoms with Gasteiger partial charge in [-0.05, 0) is 42.5 Å². The Bertz CT molecular complexity index is 1070. The van der Waals surface area contributed by atoms with Crippen LogP contribution in [-0.2, 0) is 4.79 Å². The third-order valence-corrected chi connectivity index (χ3v) is 4.11. The van der Waals surface area contributed by atoms with Gasteiger partial charge in [-0.25, -0.2) is 4.98 Å². The van der Waals surface area contributed by atoms with E-state index in [1.54, 1.807) is 42.5 Å². The number of aromatic nitrogens is 1. The third-order valence-electron chi connectivity index (χ3n) is 4.11. The maximum absolute atomic E-state index is 12.4. The van der Waals surface area contributed by atoms with E-state index in [1.807, 2.05) is 12.1 Å². The molecule has 8 nitrogen and oxygen atoms in total. The summed E-state index contributed by atoms with van der Waals surface area (Å²) < 4.78 is 10.6. The maximum atomic E-state index is 12.4. The van der Waals surface area contributed by atoms with Crippen molar-refractivity contribution >= 4 is 34.7 Å². The molecule has 3 N–H and O–H groups in total. The van der Waals surface area contributed by atoms with Crippen molar-refractivity contribution in [2.75, 3.05) is 22.7 Å². The quantitative estimate of drug-likeness (QED) is 0.613. The molecule has 2 amide bonds. The first-order chi connectivity index (χ1) is 14.1. The number of carbonyl (C=O) groups is 2. The number of carbonyl (C=O) groups excluding carboxylic acids is 2. The highest BCUT2D eigenvalue weighted by atomic mass is 16.7. The van der Waals surface area contributed by atoms with E-state index >= 15 is 0 Å². The molecule has 4 rings (SSSR count). The van der Waals surface area contributed by atoms with Crippen molar-refractivity contribution in [2.45, 2.75) is 6.92 Å². The Morgan fingerprint density at radius 3 is 2.48 bits per heavy atom. The highest BCUT2D eigenvalue weighted by molar-refractivity contribution is 6.04. The van der Waals surface area contributed by atoms with Crippen molar-refractivity contribution in [1.29, 1.82) is 0 Å². The first-order valence-corrected chi connectivity index (χ1v) is 8.88. The lowest BCUT2D eigenvalue weighted by Crippen LogP contribution is -2.12. The fourth-order valence-corrected chi connectivity index (χ4v) is 2.81. The van der Waals surface area contributed by atoms with Gasteiger partial charge in [0.25, 0.3) is 5.91 Å². The van der Waals surface area contributed by atoms with Crippen LogP contribution in [0.25, 0.3) is 0 Å². The molecule has 8 heteroatoms. The topological polar surface area (TPSA) is 102 Å². The van der Waals surface area contributed by atoms with Gasteiger partial charge in [0.2, 0.25) is 12.7 Å². The number of hydrogen-bond acceptors (Lipinski definition) is 6. The molecule has 0 saturated heterocycles. The summed E-state index contributed by atoms with van der Waals surface area (Å²) in [4.78, 5) is 27.9. The van der Waals surface area contributed by atoms with Crippen LogP contribution in [0.1, 0.15) is 17.3 Å². The van der Waals surface area contributed by atoms with Gasteiger partial charge in [-0.2, -0.15) is 0 Å².